The van der Waals surface area contributed by atoms with Crippen LogP contribution in [0.25, 0.3) is 0 Å². The highest BCUT2D eigenvalue weighted by Crippen LogP contribution is 2.04. The van der Waals surface area contributed by atoms with E-state index in [1.807, 2.05) is 37.3 Å². The fourth-order valence-corrected chi connectivity index (χ4v) is 1.43. The minimum absolute atomic E-state index is 0.368. The van der Waals surface area contributed by atoms with Crippen LogP contribution in [0.15, 0.2) is 53.8 Å². The van der Waals surface area contributed by atoms with Gasteiger partial charge >= 0.3 is 6.03 Å². The summed E-state index contributed by atoms with van der Waals surface area (Å²) in [4.78, 5) is 14.6. The first-order valence-electron chi connectivity index (χ1n) is 5.56. The molecule has 0 aliphatic rings. The van der Waals surface area contributed by atoms with Gasteiger partial charge in [0.1, 0.15) is 0 Å². The van der Waals surface area contributed by atoms with Gasteiger partial charge in [-0.15, -0.1) is 0 Å². The monoisotopic (exact) mass is 242 g/mol. The maximum absolute atomic E-state index is 11.5. The molecule has 1 aromatic carbocycles. The Morgan fingerprint density at radius 2 is 1.94 bits per heavy atom. The van der Waals surface area contributed by atoms with Crippen LogP contribution in [0.2, 0.25) is 0 Å². The predicted molar refractivity (Wildman–Crippen MR) is 71.6 cm³/mol. The standard InChI is InChI=1S/C13H14N4O/c1-10(12-8-5-9-14-12)16-17-13(18)15-11-6-3-2-4-7-11/h2-9,14H,1H3,(H2,15,17,18)/b16-10+. The number of aromatic nitrogens is 1. The number of anilines is 1. The van der Waals surface area contributed by atoms with Crippen molar-refractivity contribution in [2.75, 3.05) is 5.32 Å². The SMILES string of the molecule is C/C(=N\NC(=O)Nc1ccccc1)c1ccc[nH]1. The summed E-state index contributed by atoms with van der Waals surface area (Å²) in [5, 5.41) is 6.66. The van der Waals surface area contributed by atoms with Gasteiger partial charge in [-0.1, -0.05) is 18.2 Å². The molecule has 18 heavy (non-hydrogen) atoms. The number of para-hydroxylation sites is 1. The highest BCUT2D eigenvalue weighted by Gasteiger charge is 2.01. The number of hydrogen-bond donors (Lipinski definition) is 3. The van der Waals surface area contributed by atoms with Gasteiger partial charge < -0.3 is 10.3 Å². The molecular weight excluding hydrogens is 228 g/mol. The van der Waals surface area contributed by atoms with Crippen molar-refractivity contribution < 1.29 is 4.79 Å². The van der Waals surface area contributed by atoms with Gasteiger partial charge in [-0.3, -0.25) is 0 Å². The van der Waals surface area contributed by atoms with Crippen molar-refractivity contribution in [2.45, 2.75) is 6.92 Å². The largest absolute Gasteiger partial charge is 0.360 e. The highest BCUT2D eigenvalue weighted by atomic mass is 16.2. The summed E-state index contributed by atoms with van der Waals surface area (Å²) in [5.74, 6) is 0. The molecule has 0 aliphatic carbocycles. The molecule has 5 heteroatoms. The van der Waals surface area contributed by atoms with Crippen molar-refractivity contribution in [3.8, 4) is 0 Å². The van der Waals surface area contributed by atoms with E-state index in [9.17, 15) is 4.79 Å². The van der Waals surface area contributed by atoms with E-state index < -0.39 is 0 Å². The third-order valence-electron chi connectivity index (χ3n) is 2.34. The fraction of sp³-hybridized carbons (Fsp3) is 0.0769. The average molecular weight is 242 g/mol. The molecule has 2 rings (SSSR count). The van der Waals surface area contributed by atoms with Crippen LogP contribution >= 0.6 is 0 Å². The Hall–Kier alpha value is -2.56. The maximum Gasteiger partial charge on any atom is 0.339 e. The van der Waals surface area contributed by atoms with Crippen molar-refractivity contribution in [2.24, 2.45) is 5.10 Å². The van der Waals surface area contributed by atoms with Crippen LogP contribution in [0.5, 0.6) is 0 Å². The highest BCUT2D eigenvalue weighted by molar-refractivity contribution is 5.98. The van der Waals surface area contributed by atoms with Gasteiger partial charge in [0.05, 0.1) is 11.4 Å². The normalized spacial score (nSPS) is 11.1. The summed E-state index contributed by atoms with van der Waals surface area (Å²) in [7, 11) is 0. The average Bonchev–Trinajstić information content (AvgIpc) is 2.91. The zero-order valence-corrected chi connectivity index (χ0v) is 9.97. The van der Waals surface area contributed by atoms with Gasteiger partial charge in [-0.05, 0) is 31.2 Å². The Labute approximate surface area is 105 Å². The molecule has 0 atom stereocenters. The van der Waals surface area contributed by atoms with Crippen molar-refractivity contribution in [3.05, 3.63) is 54.4 Å². The summed E-state index contributed by atoms with van der Waals surface area (Å²) in [6.45, 7) is 1.81. The third-order valence-corrected chi connectivity index (χ3v) is 2.34. The van der Waals surface area contributed by atoms with Gasteiger partial charge in [0.2, 0.25) is 0 Å². The number of benzene rings is 1. The van der Waals surface area contributed by atoms with Crippen molar-refractivity contribution in [1.29, 1.82) is 0 Å². The molecule has 5 nitrogen and oxygen atoms in total. The van der Waals surface area contributed by atoms with E-state index in [2.05, 4.69) is 20.8 Å². The number of rotatable bonds is 3. The van der Waals surface area contributed by atoms with Crippen molar-refractivity contribution >= 4 is 17.4 Å². The number of carbonyl (C=O) groups excluding carboxylic acids is 1. The summed E-state index contributed by atoms with van der Waals surface area (Å²) < 4.78 is 0. The minimum atomic E-state index is -0.368. The topological polar surface area (TPSA) is 69.3 Å². The number of amides is 2. The minimum Gasteiger partial charge on any atom is -0.360 e. The van der Waals surface area contributed by atoms with E-state index in [0.29, 0.717) is 5.71 Å². The molecular formula is C13H14N4O. The van der Waals surface area contributed by atoms with Crippen LogP contribution in [0.1, 0.15) is 12.6 Å². The second-order valence-corrected chi connectivity index (χ2v) is 3.71. The zero-order chi connectivity index (χ0) is 12.8. The van der Waals surface area contributed by atoms with Crippen LogP contribution in [0, 0.1) is 0 Å². The Bertz CT molecular complexity index is 531. The molecule has 0 saturated heterocycles. The number of carbonyl (C=O) groups is 1. The lowest BCUT2D eigenvalue weighted by atomic mass is 10.3. The lowest BCUT2D eigenvalue weighted by molar-refractivity contribution is 0.252. The first kappa shape index (κ1) is 11.9. The molecule has 0 spiro atoms. The van der Waals surface area contributed by atoms with Crippen LogP contribution < -0.4 is 10.7 Å². The predicted octanol–water partition coefficient (Wildman–Crippen LogP) is 2.56. The molecule has 92 valence electrons. The lowest BCUT2D eigenvalue weighted by Gasteiger charge is -2.04. The molecule has 0 fully saturated rings. The van der Waals surface area contributed by atoms with E-state index in [1.54, 1.807) is 18.3 Å². The summed E-state index contributed by atoms with van der Waals surface area (Å²) in [6.07, 6.45) is 1.80. The van der Waals surface area contributed by atoms with Crippen molar-refractivity contribution in [3.63, 3.8) is 0 Å². The summed E-state index contributed by atoms with van der Waals surface area (Å²) >= 11 is 0. The Kier molecular flexibility index (Phi) is 3.76. The van der Waals surface area contributed by atoms with Gasteiger partial charge in [-0.2, -0.15) is 5.10 Å². The summed E-state index contributed by atoms with van der Waals surface area (Å²) in [5.41, 5.74) is 4.74. The van der Waals surface area contributed by atoms with Crippen LogP contribution in [0.3, 0.4) is 0 Å². The maximum atomic E-state index is 11.5. The molecule has 3 N–H and O–H groups in total. The third kappa shape index (κ3) is 3.21. The molecule has 1 heterocycles. The number of hydrogen-bond acceptors (Lipinski definition) is 2. The van der Waals surface area contributed by atoms with E-state index >= 15 is 0 Å². The number of nitrogens with zero attached hydrogens (tertiary/aromatic N) is 1. The first-order valence-corrected chi connectivity index (χ1v) is 5.56. The second kappa shape index (κ2) is 5.67. The molecule has 1 aromatic heterocycles. The Morgan fingerprint density at radius 3 is 2.61 bits per heavy atom. The lowest BCUT2D eigenvalue weighted by Crippen LogP contribution is -2.25. The Morgan fingerprint density at radius 1 is 1.17 bits per heavy atom. The van der Waals surface area contributed by atoms with Crippen LogP contribution in [-0.2, 0) is 0 Å². The number of aromatic amines is 1. The smallest absolute Gasteiger partial charge is 0.339 e. The molecule has 0 aliphatic heterocycles. The van der Waals surface area contributed by atoms with Crippen LogP contribution in [-0.4, -0.2) is 16.7 Å². The second-order valence-electron chi connectivity index (χ2n) is 3.71. The fourth-order valence-electron chi connectivity index (χ4n) is 1.43. The molecule has 2 aromatic rings. The van der Waals surface area contributed by atoms with Gasteiger partial charge in [0.15, 0.2) is 0 Å². The number of nitrogens with one attached hydrogen (secondary N) is 3. The van der Waals surface area contributed by atoms with E-state index in [-0.39, 0.29) is 6.03 Å². The van der Waals surface area contributed by atoms with Crippen molar-refractivity contribution in [1.82, 2.24) is 10.4 Å². The van der Waals surface area contributed by atoms with Gasteiger partial charge in [-0.25, -0.2) is 10.2 Å². The molecule has 0 saturated carbocycles. The van der Waals surface area contributed by atoms with Gasteiger partial charge in [0.25, 0.3) is 0 Å². The number of H-pyrrole nitrogens is 1. The van der Waals surface area contributed by atoms with Crippen LogP contribution in [0.4, 0.5) is 10.5 Å². The number of urea groups is 1. The molecule has 0 bridgehead atoms. The zero-order valence-electron chi connectivity index (χ0n) is 9.97. The van der Waals surface area contributed by atoms with E-state index in [0.717, 1.165) is 11.4 Å². The summed E-state index contributed by atoms with van der Waals surface area (Å²) in [6, 6.07) is 12.6. The Balaban J connectivity index is 1.91. The molecule has 0 radical (unpaired) electrons. The molecule has 2 amide bonds. The van der Waals surface area contributed by atoms with E-state index in [1.165, 1.54) is 0 Å². The number of hydrazone groups is 1. The molecule has 0 unspecified atom stereocenters. The van der Waals surface area contributed by atoms with E-state index in [4.69, 9.17) is 0 Å². The first-order chi connectivity index (χ1) is 8.75. The quantitative estimate of drug-likeness (QED) is 0.562. The van der Waals surface area contributed by atoms with Gasteiger partial charge in [0, 0.05) is 11.9 Å².